The zero-order chi connectivity index (χ0) is 25.5. The molecule has 0 aromatic carbocycles. The molecular formula is C26H28N10O2. The molecule has 2 fully saturated rings. The van der Waals surface area contributed by atoms with E-state index in [9.17, 15) is 0 Å². The molecule has 7 rings (SSSR count). The van der Waals surface area contributed by atoms with Crippen LogP contribution in [0.3, 0.4) is 0 Å². The molecular weight excluding hydrogens is 484 g/mol. The molecule has 12 heteroatoms. The van der Waals surface area contributed by atoms with Crippen molar-refractivity contribution in [3.05, 3.63) is 54.4 Å². The van der Waals surface area contributed by atoms with Gasteiger partial charge in [-0.15, -0.1) is 10.2 Å². The summed E-state index contributed by atoms with van der Waals surface area (Å²) in [7, 11) is 0. The normalized spacial score (nSPS) is 18.0. The number of pyridine rings is 2. The highest BCUT2D eigenvalue weighted by atomic mass is 16.5. The monoisotopic (exact) mass is 512 g/mol. The Labute approximate surface area is 218 Å². The van der Waals surface area contributed by atoms with E-state index < -0.39 is 0 Å². The summed E-state index contributed by atoms with van der Waals surface area (Å²) in [6.07, 6.45) is 8.39. The minimum absolute atomic E-state index is 0.174. The molecule has 5 aromatic rings. The van der Waals surface area contributed by atoms with E-state index in [0.29, 0.717) is 37.8 Å². The lowest BCUT2D eigenvalue weighted by atomic mass is 10.2. The second kappa shape index (κ2) is 9.62. The fourth-order valence-corrected chi connectivity index (χ4v) is 5.07. The summed E-state index contributed by atoms with van der Waals surface area (Å²) in [5.74, 6) is 3.11. The summed E-state index contributed by atoms with van der Waals surface area (Å²) in [6, 6.07) is 6.31. The van der Waals surface area contributed by atoms with E-state index in [0.717, 1.165) is 65.9 Å². The SMILES string of the molecule is Cc1nnc2c(N[C@@H]3CCOC3)nc(-c3nc4cnc(N5CCOCC5)cc4n3Cc3cccnc3)cn12. The number of aryl methyl sites for hydroxylation is 1. The standard InChI is InChI=1S/C26H28N10O2/c1-17-32-33-26-24(29-19-4-8-38-16-19)30-21(15-35(17)26)25-31-20-13-28-23(34-6-9-37-10-7-34)11-22(20)36(25)14-18-3-2-5-27-12-18/h2-3,5,11-13,15,19H,4,6-10,14,16H2,1H3,(H,29,30)/t19-/m1/s1. The largest absolute Gasteiger partial charge is 0.379 e. The van der Waals surface area contributed by atoms with Gasteiger partial charge in [-0.05, 0) is 25.0 Å². The van der Waals surface area contributed by atoms with Crippen LogP contribution in [0.2, 0.25) is 0 Å². The predicted molar refractivity (Wildman–Crippen MR) is 141 cm³/mol. The highest BCUT2D eigenvalue weighted by Crippen LogP contribution is 2.29. The first kappa shape index (κ1) is 23.0. The molecule has 7 heterocycles. The summed E-state index contributed by atoms with van der Waals surface area (Å²) >= 11 is 0. The zero-order valence-electron chi connectivity index (χ0n) is 21.1. The molecule has 1 atom stereocenters. The fourth-order valence-electron chi connectivity index (χ4n) is 5.07. The van der Waals surface area contributed by atoms with E-state index >= 15 is 0 Å². The smallest absolute Gasteiger partial charge is 0.203 e. The van der Waals surface area contributed by atoms with E-state index in [1.54, 1.807) is 6.20 Å². The van der Waals surface area contributed by atoms with Gasteiger partial charge in [-0.25, -0.2) is 15.0 Å². The number of ether oxygens (including phenoxy) is 2. The van der Waals surface area contributed by atoms with Gasteiger partial charge in [0, 0.05) is 44.4 Å². The molecule has 194 valence electrons. The number of hydrogen-bond donors (Lipinski definition) is 1. The van der Waals surface area contributed by atoms with Crippen molar-refractivity contribution in [3.63, 3.8) is 0 Å². The highest BCUT2D eigenvalue weighted by Gasteiger charge is 2.23. The van der Waals surface area contributed by atoms with Gasteiger partial charge >= 0.3 is 0 Å². The van der Waals surface area contributed by atoms with Crippen LogP contribution in [0.5, 0.6) is 0 Å². The Hall–Kier alpha value is -4.16. The molecule has 0 spiro atoms. The number of anilines is 2. The second-order valence-corrected chi connectivity index (χ2v) is 9.63. The molecule has 0 amide bonds. The van der Waals surface area contributed by atoms with Crippen molar-refractivity contribution < 1.29 is 9.47 Å². The van der Waals surface area contributed by atoms with Crippen molar-refractivity contribution in [2.24, 2.45) is 0 Å². The number of nitrogens with one attached hydrogen (secondary N) is 1. The molecule has 0 unspecified atom stereocenters. The minimum atomic E-state index is 0.174. The van der Waals surface area contributed by atoms with E-state index in [4.69, 9.17) is 24.4 Å². The van der Waals surface area contributed by atoms with Crippen molar-refractivity contribution in [1.82, 2.24) is 39.1 Å². The van der Waals surface area contributed by atoms with E-state index in [2.05, 4.69) is 42.1 Å². The lowest BCUT2D eigenvalue weighted by molar-refractivity contribution is 0.122. The number of nitrogens with zero attached hydrogens (tertiary/aromatic N) is 9. The Bertz CT molecular complexity index is 1590. The molecule has 2 aliphatic heterocycles. The Morgan fingerprint density at radius 3 is 2.82 bits per heavy atom. The van der Waals surface area contributed by atoms with Gasteiger partial charge in [0.05, 0.1) is 44.1 Å². The number of imidazole rings is 1. The minimum Gasteiger partial charge on any atom is -0.379 e. The van der Waals surface area contributed by atoms with Crippen LogP contribution >= 0.6 is 0 Å². The average Bonchev–Trinajstić information content (AvgIpc) is 3.69. The molecule has 2 saturated heterocycles. The molecule has 38 heavy (non-hydrogen) atoms. The zero-order valence-corrected chi connectivity index (χ0v) is 21.1. The van der Waals surface area contributed by atoms with Crippen LogP contribution in [-0.4, -0.2) is 84.7 Å². The number of rotatable bonds is 6. The van der Waals surface area contributed by atoms with Crippen LogP contribution in [0.4, 0.5) is 11.6 Å². The summed E-state index contributed by atoms with van der Waals surface area (Å²) < 4.78 is 15.3. The van der Waals surface area contributed by atoms with Gasteiger partial charge in [0.15, 0.2) is 11.6 Å². The Balaban J connectivity index is 1.39. The lowest BCUT2D eigenvalue weighted by Crippen LogP contribution is -2.36. The quantitative estimate of drug-likeness (QED) is 0.363. The van der Waals surface area contributed by atoms with Crippen molar-refractivity contribution in [2.45, 2.75) is 25.9 Å². The van der Waals surface area contributed by atoms with Crippen molar-refractivity contribution in [1.29, 1.82) is 0 Å². The topological polar surface area (TPSA) is 120 Å². The highest BCUT2D eigenvalue weighted by molar-refractivity contribution is 5.82. The van der Waals surface area contributed by atoms with Crippen LogP contribution in [0.25, 0.3) is 28.2 Å². The molecule has 0 aliphatic carbocycles. The average molecular weight is 513 g/mol. The number of morpholine rings is 1. The number of fused-ring (bicyclic) bond motifs is 2. The Morgan fingerprint density at radius 1 is 1.08 bits per heavy atom. The maximum absolute atomic E-state index is 5.57. The van der Waals surface area contributed by atoms with Gasteiger partial charge < -0.3 is 24.3 Å². The summed E-state index contributed by atoms with van der Waals surface area (Å²) in [6.45, 7) is 6.92. The van der Waals surface area contributed by atoms with Crippen LogP contribution < -0.4 is 10.2 Å². The van der Waals surface area contributed by atoms with Crippen molar-refractivity contribution in [2.75, 3.05) is 49.7 Å². The van der Waals surface area contributed by atoms with Gasteiger partial charge in [0.1, 0.15) is 22.9 Å². The molecule has 0 bridgehead atoms. The van der Waals surface area contributed by atoms with Crippen molar-refractivity contribution in [3.8, 4) is 11.5 Å². The molecule has 0 radical (unpaired) electrons. The Kier molecular flexibility index (Phi) is 5.82. The summed E-state index contributed by atoms with van der Waals surface area (Å²) in [5, 5.41) is 12.2. The first-order valence-electron chi connectivity index (χ1n) is 12.9. The van der Waals surface area contributed by atoms with Crippen LogP contribution in [0.15, 0.2) is 43.0 Å². The van der Waals surface area contributed by atoms with Gasteiger partial charge in [-0.1, -0.05) is 6.07 Å². The molecule has 1 N–H and O–H groups in total. The van der Waals surface area contributed by atoms with E-state index in [1.807, 2.05) is 36.0 Å². The number of aromatic nitrogens is 8. The second-order valence-electron chi connectivity index (χ2n) is 9.63. The van der Waals surface area contributed by atoms with Gasteiger partial charge in [-0.2, -0.15) is 0 Å². The van der Waals surface area contributed by atoms with E-state index in [-0.39, 0.29) is 6.04 Å². The van der Waals surface area contributed by atoms with Crippen LogP contribution in [0, 0.1) is 6.92 Å². The summed E-state index contributed by atoms with van der Waals surface area (Å²) in [4.78, 5) is 21.4. The van der Waals surface area contributed by atoms with Gasteiger partial charge in [0.25, 0.3) is 0 Å². The molecule has 0 saturated carbocycles. The fraction of sp³-hybridized carbons (Fsp3) is 0.385. The predicted octanol–water partition coefficient (Wildman–Crippen LogP) is 2.33. The molecule has 2 aliphatic rings. The van der Waals surface area contributed by atoms with Gasteiger partial charge in [-0.3, -0.25) is 9.38 Å². The maximum Gasteiger partial charge on any atom is 0.203 e. The molecule has 5 aromatic heterocycles. The van der Waals surface area contributed by atoms with E-state index in [1.165, 1.54) is 0 Å². The van der Waals surface area contributed by atoms with Crippen LogP contribution in [0.1, 0.15) is 17.8 Å². The first-order valence-corrected chi connectivity index (χ1v) is 12.9. The third-order valence-electron chi connectivity index (χ3n) is 7.08. The first-order chi connectivity index (χ1) is 18.7. The summed E-state index contributed by atoms with van der Waals surface area (Å²) in [5.41, 5.74) is 4.27. The van der Waals surface area contributed by atoms with Crippen molar-refractivity contribution >= 4 is 28.3 Å². The van der Waals surface area contributed by atoms with Crippen LogP contribution in [-0.2, 0) is 16.0 Å². The molecule has 12 nitrogen and oxygen atoms in total. The lowest BCUT2D eigenvalue weighted by Gasteiger charge is -2.27. The Morgan fingerprint density at radius 2 is 2.00 bits per heavy atom. The van der Waals surface area contributed by atoms with Gasteiger partial charge in [0.2, 0.25) is 5.65 Å². The maximum atomic E-state index is 5.57. The third kappa shape index (κ3) is 4.21. The number of hydrogen-bond acceptors (Lipinski definition) is 10. The third-order valence-corrected chi connectivity index (χ3v) is 7.08.